The van der Waals surface area contributed by atoms with E-state index in [1.165, 1.54) is 22.3 Å². The van der Waals surface area contributed by atoms with Crippen molar-refractivity contribution in [2.45, 2.75) is 26.8 Å². The van der Waals surface area contributed by atoms with E-state index < -0.39 is 0 Å². The summed E-state index contributed by atoms with van der Waals surface area (Å²) in [5.74, 6) is 0.958. The van der Waals surface area contributed by atoms with Gasteiger partial charge in [0.15, 0.2) is 0 Å². The van der Waals surface area contributed by atoms with Gasteiger partial charge in [-0.1, -0.05) is 41.5 Å². The van der Waals surface area contributed by atoms with Gasteiger partial charge in [0.05, 0.1) is 12.6 Å². The maximum absolute atomic E-state index is 5.74. The summed E-state index contributed by atoms with van der Waals surface area (Å²) in [6, 6.07) is 15.8. The monoisotopic (exact) mass is 324 g/mol. The molecule has 3 nitrogen and oxygen atoms in total. The first-order chi connectivity index (χ1) is 11.7. The smallest absolute Gasteiger partial charge is 0.119 e. The van der Waals surface area contributed by atoms with Crippen LogP contribution in [0.2, 0.25) is 0 Å². The zero-order chi connectivity index (χ0) is 16.9. The van der Waals surface area contributed by atoms with Crippen LogP contribution in [0.4, 0.5) is 0 Å². The fraction of sp³-hybridized carbons (Fsp3) is 0.429. The predicted molar refractivity (Wildman–Crippen MR) is 99.8 cm³/mol. The van der Waals surface area contributed by atoms with E-state index in [4.69, 9.17) is 4.74 Å². The fourth-order valence-electron chi connectivity index (χ4n) is 3.66. The van der Waals surface area contributed by atoms with Crippen LogP contribution in [0.25, 0.3) is 0 Å². The number of piperazine rings is 1. The Morgan fingerprint density at radius 2 is 1.71 bits per heavy atom. The van der Waals surface area contributed by atoms with Crippen molar-refractivity contribution in [1.29, 1.82) is 0 Å². The molecular formula is C21H28N2O. The molecule has 0 radical (unpaired) electrons. The molecule has 128 valence electrons. The summed E-state index contributed by atoms with van der Waals surface area (Å²) in [5.41, 5.74) is 5.34. The quantitative estimate of drug-likeness (QED) is 0.908. The Labute approximate surface area is 145 Å². The molecule has 1 fully saturated rings. The van der Waals surface area contributed by atoms with Crippen molar-refractivity contribution < 1.29 is 4.74 Å². The number of hydrogen-bond donors (Lipinski definition) is 1. The minimum atomic E-state index is 0.283. The number of rotatable bonds is 5. The molecule has 3 rings (SSSR count). The van der Waals surface area contributed by atoms with Crippen LogP contribution in [0.3, 0.4) is 0 Å². The van der Waals surface area contributed by atoms with Crippen LogP contribution in [0.15, 0.2) is 42.5 Å². The standard InChI is InChI=1S/C21H28N2O/c1-4-24-20-7-5-6-18(15-20)21(23-10-8-22-9-11-23)19-13-16(2)12-17(3)14-19/h5-7,12-15,21-22H,4,8-11H2,1-3H3. The molecule has 1 unspecified atom stereocenters. The largest absolute Gasteiger partial charge is 0.494 e. The first kappa shape index (κ1) is 17.0. The van der Waals surface area contributed by atoms with Crippen LogP contribution >= 0.6 is 0 Å². The van der Waals surface area contributed by atoms with E-state index in [1.54, 1.807) is 0 Å². The van der Waals surface area contributed by atoms with Crippen molar-refractivity contribution in [1.82, 2.24) is 10.2 Å². The number of aryl methyl sites for hydroxylation is 2. The highest BCUT2D eigenvalue weighted by Gasteiger charge is 2.24. The molecule has 0 spiro atoms. The van der Waals surface area contributed by atoms with Crippen LogP contribution in [-0.4, -0.2) is 37.7 Å². The summed E-state index contributed by atoms with van der Waals surface area (Å²) >= 11 is 0. The van der Waals surface area contributed by atoms with Gasteiger partial charge in [-0.3, -0.25) is 4.90 Å². The average Bonchev–Trinajstić information content (AvgIpc) is 2.56. The van der Waals surface area contributed by atoms with Gasteiger partial charge < -0.3 is 10.1 Å². The first-order valence-corrected chi connectivity index (χ1v) is 8.93. The number of hydrogen-bond acceptors (Lipinski definition) is 3. The molecular weight excluding hydrogens is 296 g/mol. The molecule has 1 aliphatic heterocycles. The van der Waals surface area contributed by atoms with Crippen LogP contribution in [0.5, 0.6) is 5.75 Å². The summed E-state index contributed by atoms with van der Waals surface area (Å²) in [7, 11) is 0. The molecule has 1 saturated heterocycles. The lowest BCUT2D eigenvalue weighted by Gasteiger charge is -2.36. The van der Waals surface area contributed by atoms with Gasteiger partial charge in [0, 0.05) is 26.2 Å². The topological polar surface area (TPSA) is 24.5 Å². The molecule has 24 heavy (non-hydrogen) atoms. The lowest BCUT2D eigenvalue weighted by atomic mass is 9.93. The van der Waals surface area contributed by atoms with Crippen molar-refractivity contribution in [2.75, 3.05) is 32.8 Å². The third-order valence-corrected chi connectivity index (χ3v) is 4.56. The van der Waals surface area contributed by atoms with Crippen molar-refractivity contribution in [3.63, 3.8) is 0 Å². The van der Waals surface area contributed by atoms with E-state index in [0.29, 0.717) is 6.61 Å². The molecule has 0 aliphatic carbocycles. The number of benzene rings is 2. The van der Waals surface area contributed by atoms with Gasteiger partial charge in [-0.2, -0.15) is 0 Å². The van der Waals surface area contributed by atoms with Crippen LogP contribution in [0.1, 0.15) is 35.2 Å². The van der Waals surface area contributed by atoms with E-state index in [1.807, 2.05) is 13.0 Å². The second-order valence-electron chi connectivity index (χ2n) is 6.62. The molecule has 0 bridgehead atoms. The van der Waals surface area contributed by atoms with Crippen molar-refractivity contribution >= 4 is 0 Å². The lowest BCUT2D eigenvalue weighted by Crippen LogP contribution is -2.45. The third kappa shape index (κ3) is 3.97. The van der Waals surface area contributed by atoms with Gasteiger partial charge in [0.25, 0.3) is 0 Å². The highest BCUT2D eigenvalue weighted by atomic mass is 16.5. The summed E-state index contributed by atoms with van der Waals surface area (Å²) in [4.78, 5) is 2.58. The Morgan fingerprint density at radius 1 is 1.00 bits per heavy atom. The minimum absolute atomic E-state index is 0.283. The Kier molecular flexibility index (Phi) is 5.54. The second-order valence-corrected chi connectivity index (χ2v) is 6.62. The molecule has 0 aromatic heterocycles. The molecule has 0 amide bonds. The normalized spacial score (nSPS) is 16.8. The maximum atomic E-state index is 5.74. The predicted octanol–water partition coefficient (Wildman–Crippen LogP) is 3.70. The summed E-state index contributed by atoms with van der Waals surface area (Å²) in [6.07, 6.45) is 0. The molecule has 1 heterocycles. The SMILES string of the molecule is CCOc1cccc(C(c2cc(C)cc(C)c2)N2CCNCC2)c1. The molecule has 1 aliphatic rings. The van der Waals surface area contributed by atoms with Gasteiger partial charge in [-0.25, -0.2) is 0 Å². The van der Waals surface area contributed by atoms with Crippen molar-refractivity contribution in [2.24, 2.45) is 0 Å². The first-order valence-electron chi connectivity index (χ1n) is 8.93. The minimum Gasteiger partial charge on any atom is -0.494 e. The average molecular weight is 324 g/mol. The van der Waals surface area contributed by atoms with Gasteiger partial charge in [0.1, 0.15) is 5.75 Å². The lowest BCUT2D eigenvalue weighted by molar-refractivity contribution is 0.198. The van der Waals surface area contributed by atoms with E-state index in [2.05, 4.69) is 60.5 Å². The summed E-state index contributed by atoms with van der Waals surface area (Å²) in [6.45, 7) is 11.3. The van der Waals surface area contributed by atoms with Gasteiger partial charge in [0.2, 0.25) is 0 Å². The second kappa shape index (κ2) is 7.82. The van der Waals surface area contributed by atoms with E-state index in [9.17, 15) is 0 Å². The van der Waals surface area contributed by atoms with E-state index in [-0.39, 0.29) is 6.04 Å². The molecule has 1 N–H and O–H groups in total. The van der Waals surface area contributed by atoms with Crippen LogP contribution in [-0.2, 0) is 0 Å². The highest BCUT2D eigenvalue weighted by molar-refractivity contribution is 5.40. The summed E-state index contributed by atoms with van der Waals surface area (Å²) < 4.78 is 5.74. The molecule has 2 aromatic rings. The number of nitrogens with zero attached hydrogens (tertiary/aromatic N) is 1. The number of nitrogens with one attached hydrogen (secondary N) is 1. The zero-order valence-electron chi connectivity index (χ0n) is 15.0. The number of ether oxygens (including phenoxy) is 1. The van der Waals surface area contributed by atoms with Crippen LogP contribution < -0.4 is 10.1 Å². The van der Waals surface area contributed by atoms with Gasteiger partial charge in [-0.05, 0) is 44.0 Å². The molecule has 1 atom stereocenters. The van der Waals surface area contributed by atoms with Gasteiger partial charge in [-0.15, -0.1) is 0 Å². The van der Waals surface area contributed by atoms with E-state index >= 15 is 0 Å². The Morgan fingerprint density at radius 3 is 2.38 bits per heavy atom. The van der Waals surface area contributed by atoms with E-state index in [0.717, 1.165) is 31.9 Å². The Bertz CT molecular complexity index is 657. The molecule has 0 saturated carbocycles. The molecule has 3 heteroatoms. The van der Waals surface area contributed by atoms with Gasteiger partial charge >= 0.3 is 0 Å². The maximum Gasteiger partial charge on any atom is 0.119 e. The summed E-state index contributed by atoms with van der Waals surface area (Å²) in [5, 5.41) is 3.46. The van der Waals surface area contributed by atoms with Crippen molar-refractivity contribution in [3.8, 4) is 5.75 Å². The molecule has 2 aromatic carbocycles. The highest BCUT2D eigenvalue weighted by Crippen LogP contribution is 2.32. The van der Waals surface area contributed by atoms with Crippen molar-refractivity contribution in [3.05, 3.63) is 64.7 Å². The fourth-order valence-corrected chi connectivity index (χ4v) is 3.66. The third-order valence-electron chi connectivity index (χ3n) is 4.56. The Balaban J connectivity index is 2.02. The zero-order valence-corrected chi connectivity index (χ0v) is 15.0. The van der Waals surface area contributed by atoms with Crippen LogP contribution in [0, 0.1) is 13.8 Å². The Hall–Kier alpha value is -1.84.